The second-order valence-electron chi connectivity index (χ2n) is 6.10. The zero-order chi connectivity index (χ0) is 13.1. The van der Waals surface area contributed by atoms with Gasteiger partial charge in [-0.3, -0.25) is 0 Å². The van der Waals surface area contributed by atoms with E-state index in [1.165, 1.54) is 30.4 Å². The fraction of sp³-hybridized carbons (Fsp3) is 0.625. The van der Waals surface area contributed by atoms with Crippen molar-refractivity contribution in [2.75, 3.05) is 0 Å². The topological polar surface area (TPSA) is 0 Å². The van der Waals surface area contributed by atoms with Gasteiger partial charge in [0.25, 0.3) is 0 Å². The summed E-state index contributed by atoms with van der Waals surface area (Å²) in [6.45, 7) is 11.3. The van der Waals surface area contributed by atoms with Crippen molar-refractivity contribution >= 4 is 15.9 Å². The number of hydrogen-bond donors (Lipinski definition) is 0. The maximum atomic E-state index is 3.81. The minimum atomic E-state index is 0.362. The molecule has 0 amide bonds. The molecule has 0 saturated carbocycles. The first-order valence-corrected chi connectivity index (χ1v) is 7.43. The fourth-order valence-corrected chi connectivity index (χ4v) is 2.46. The molecule has 0 radical (unpaired) electrons. The molecule has 0 N–H and O–H groups in total. The van der Waals surface area contributed by atoms with Crippen molar-refractivity contribution in [1.29, 1.82) is 0 Å². The highest BCUT2D eigenvalue weighted by molar-refractivity contribution is 9.09. The molecule has 1 heteroatoms. The van der Waals surface area contributed by atoms with Gasteiger partial charge in [0.1, 0.15) is 0 Å². The Balaban J connectivity index is 2.52. The van der Waals surface area contributed by atoms with Crippen LogP contribution in [0.5, 0.6) is 0 Å². The highest BCUT2D eigenvalue weighted by Crippen LogP contribution is 2.30. The molecule has 17 heavy (non-hydrogen) atoms. The normalized spacial score (nSPS) is 13.8. The molecule has 0 bridgehead atoms. The maximum absolute atomic E-state index is 3.81. The molecule has 1 aromatic carbocycles. The quantitative estimate of drug-likeness (QED) is 0.649. The second-order valence-corrected chi connectivity index (χ2v) is 7.20. The molecule has 1 aromatic rings. The summed E-state index contributed by atoms with van der Waals surface area (Å²) in [5, 5.41) is 0. The van der Waals surface area contributed by atoms with E-state index < -0.39 is 0 Å². The van der Waals surface area contributed by atoms with Gasteiger partial charge in [-0.2, -0.15) is 0 Å². The van der Waals surface area contributed by atoms with Crippen LogP contribution in [-0.2, 0) is 6.42 Å². The van der Waals surface area contributed by atoms with Gasteiger partial charge in [0, 0.05) is 4.83 Å². The molecule has 1 atom stereocenters. The van der Waals surface area contributed by atoms with Gasteiger partial charge in [0.2, 0.25) is 0 Å². The lowest BCUT2D eigenvalue weighted by Gasteiger charge is -2.25. The van der Waals surface area contributed by atoms with E-state index in [1.807, 2.05) is 0 Å². The Hall–Kier alpha value is -0.300. The monoisotopic (exact) mass is 296 g/mol. The average molecular weight is 297 g/mol. The van der Waals surface area contributed by atoms with Crippen LogP contribution in [0.2, 0.25) is 0 Å². The van der Waals surface area contributed by atoms with Crippen LogP contribution in [0.1, 0.15) is 50.3 Å². The summed E-state index contributed by atoms with van der Waals surface area (Å²) in [4.78, 5) is 0.610. The van der Waals surface area contributed by atoms with E-state index >= 15 is 0 Å². The van der Waals surface area contributed by atoms with Gasteiger partial charge in [-0.25, -0.2) is 0 Å². The number of hydrogen-bond acceptors (Lipinski definition) is 0. The Morgan fingerprint density at radius 1 is 1.12 bits per heavy atom. The first-order chi connectivity index (χ1) is 7.82. The van der Waals surface area contributed by atoms with Gasteiger partial charge < -0.3 is 0 Å². The van der Waals surface area contributed by atoms with Crippen LogP contribution < -0.4 is 0 Å². The molecule has 0 nitrogen and oxygen atoms in total. The summed E-state index contributed by atoms with van der Waals surface area (Å²) in [6, 6.07) is 6.59. The van der Waals surface area contributed by atoms with E-state index in [-0.39, 0.29) is 0 Å². The number of aryl methyl sites for hydroxylation is 2. The molecule has 1 unspecified atom stereocenters. The molecule has 0 aliphatic rings. The maximum Gasteiger partial charge on any atom is 0.0194 e. The van der Waals surface area contributed by atoms with Gasteiger partial charge in [-0.15, -0.1) is 0 Å². The van der Waals surface area contributed by atoms with Crippen LogP contribution in [0.4, 0.5) is 0 Å². The van der Waals surface area contributed by atoms with Crippen LogP contribution in [0.25, 0.3) is 0 Å². The Labute approximate surface area is 115 Å². The predicted octanol–water partition coefficient (Wildman–Crippen LogP) is 5.44. The Morgan fingerprint density at radius 2 is 1.65 bits per heavy atom. The van der Waals surface area contributed by atoms with E-state index in [2.05, 4.69) is 68.7 Å². The average Bonchev–Trinajstić information content (AvgIpc) is 2.20. The van der Waals surface area contributed by atoms with Gasteiger partial charge in [-0.05, 0) is 55.2 Å². The third-order valence-electron chi connectivity index (χ3n) is 3.47. The van der Waals surface area contributed by atoms with Crippen LogP contribution in [0, 0.1) is 19.3 Å². The lowest BCUT2D eigenvalue weighted by Crippen LogP contribution is -2.20. The van der Waals surface area contributed by atoms with Crippen molar-refractivity contribution in [1.82, 2.24) is 0 Å². The third-order valence-corrected chi connectivity index (χ3v) is 5.30. The smallest absolute Gasteiger partial charge is 0.0194 e. The molecule has 0 aliphatic heterocycles. The van der Waals surface area contributed by atoms with Crippen molar-refractivity contribution in [3.63, 3.8) is 0 Å². The molecular weight excluding hydrogens is 272 g/mol. The van der Waals surface area contributed by atoms with Crippen LogP contribution in [0.3, 0.4) is 0 Å². The first kappa shape index (κ1) is 14.8. The minimum absolute atomic E-state index is 0.362. The predicted molar refractivity (Wildman–Crippen MR) is 81.0 cm³/mol. The Morgan fingerprint density at radius 3 is 2.12 bits per heavy atom. The number of halogens is 1. The van der Waals surface area contributed by atoms with E-state index in [1.54, 1.807) is 5.56 Å². The summed E-state index contributed by atoms with van der Waals surface area (Å²) in [7, 11) is 0. The molecular formula is C16H25Br. The molecule has 1 rings (SSSR count). The van der Waals surface area contributed by atoms with Gasteiger partial charge >= 0.3 is 0 Å². The minimum Gasteiger partial charge on any atom is -0.0885 e. The summed E-state index contributed by atoms with van der Waals surface area (Å²) >= 11 is 3.81. The fourth-order valence-electron chi connectivity index (χ4n) is 2.13. The summed E-state index contributed by atoms with van der Waals surface area (Å²) in [5.41, 5.74) is 4.78. The van der Waals surface area contributed by atoms with Gasteiger partial charge in [-0.1, -0.05) is 54.9 Å². The Bertz CT molecular complexity index is 340. The number of alkyl halides is 1. The van der Waals surface area contributed by atoms with Gasteiger partial charge in [0.05, 0.1) is 0 Å². The van der Waals surface area contributed by atoms with Crippen LogP contribution >= 0.6 is 15.9 Å². The standard InChI is InChI=1S/C16H25Br/c1-12-8-6-9-13(2)14(12)10-7-11-15(17)16(3,4)5/h6,8-9,15H,7,10-11H2,1-5H3. The van der Waals surface area contributed by atoms with E-state index in [9.17, 15) is 0 Å². The second kappa shape index (κ2) is 6.04. The summed E-state index contributed by atoms with van der Waals surface area (Å²) in [6.07, 6.45) is 3.72. The zero-order valence-electron chi connectivity index (χ0n) is 11.8. The molecule has 0 spiro atoms. The van der Waals surface area contributed by atoms with Crippen molar-refractivity contribution in [3.05, 3.63) is 34.9 Å². The van der Waals surface area contributed by atoms with Crippen LogP contribution in [0.15, 0.2) is 18.2 Å². The van der Waals surface area contributed by atoms with E-state index in [4.69, 9.17) is 0 Å². The van der Waals surface area contributed by atoms with Gasteiger partial charge in [0.15, 0.2) is 0 Å². The lowest BCUT2D eigenvalue weighted by atomic mass is 9.88. The highest BCUT2D eigenvalue weighted by atomic mass is 79.9. The van der Waals surface area contributed by atoms with Crippen molar-refractivity contribution < 1.29 is 0 Å². The van der Waals surface area contributed by atoms with E-state index in [0.29, 0.717) is 10.2 Å². The summed E-state index contributed by atoms with van der Waals surface area (Å²) in [5.74, 6) is 0. The third kappa shape index (κ3) is 4.46. The zero-order valence-corrected chi connectivity index (χ0v) is 13.4. The van der Waals surface area contributed by atoms with Crippen molar-refractivity contribution in [2.24, 2.45) is 5.41 Å². The van der Waals surface area contributed by atoms with Crippen LogP contribution in [-0.4, -0.2) is 4.83 Å². The lowest BCUT2D eigenvalue weighted by molar-refractivity contribution is 0.380. The molecule has 0 heterocycles. The molecule has 0 aliphatic carbocycles. The number of benzene rings is 1. The highest BCUT2D eigenvalue weighted by Gasteiger charge is 2.21. The van der Waals surface area contributed by atoms with E-state index in [0.717, 1.165) is 0 Å². The SMILES string of the molecule is Cc1cccc(C)c1CCCC(Br)C(C)(C)C. The molecule has 0 saturated heterocycles. The number of rotatable bonds is 4. The largest absolute Gasteiger partial charge is 0.0885 e. The molecule has 96 valence electrons. The molecule has 0 fully saturated rings. The van der Waals surface area contributed by atoms with Crippen molar-refractivity contribution in [2.45, 2.75) is 58.7 Å². The van der Waals surface area contributed by atoms with Crippen molar-refractivity contribution in [3.8, 4) is 0 Å². The first-order valence-electron chi connectivity index (χ1n) is 6.51. The Kier molecular flexibility index (Phi) is 5.24. The summed E-state index contributed by atoms with van der Waals surface area (Å²) < 4.78 is 0. The molecule has 0 aromatic heterocycles.